The maximum Gasteiger partial charge on any atom is 0.326 e. The van der Waals surface area contributed by atoms with E-state index in [0.717, 1.165) is 48.0 Å². The summed E-state index contributed by atoms with van der Waals surface area (Å²) < 4.78 is 0.161. The summed E-state index contributed by atoms with van der Waals surface area (Å²) in [7, 11) is 0. The highest BCUT2D eigenvalue weighted by Gasteiger charge is 2.44. The van der Waals surface area contributed by atoms with Gasteiger partial charge in [-0.3, -0.25) is 14.5 Å². The third-order valence-corrected chi connectivity index (χ3v) is 6.33. The Kier molecular flexibility index (Phi) is 6.20. The minimum absolute atomic E-state index is 0.161. The molecule has 1 N–H and O–H groups in total. The van der Waals surface area contributed by atoms with Gasteiger partial charge in [-0.2, -0.15) is 0 Å². The van der Waals surface area contributed by atoms with E-state index in [-0.39, 0.29) is 15.1 Å². The number of rotatable bonds is 7. The van der Waals surface area contributed by atoms with Crippen molar-refractivity contribution in [1.29, 1.82) is 0 Å². The van der Waals surface area contributed by atoms with E-state index in [1.165, 1.54) is 6.92 Å². The number of anilines is 1. The number of carbonyl (C=O) groups is 3. The van der Waals surface area contributed by atoms with Crippen LogP contribution in [-0.4, -0.2) is 44.7 Å². The number of thiocarbonyl (C=S) groups is 1. The van der Waals surface area contributed by atoms with E-state index >= 15 is 0 Å². The molecule has 1 unspecified atom stereocenters. The van der Waals surface area contributed by atoms with Crippen molar-refractivity contribution in [3.8, 4) is 0 Å². The zero-order chi connectivity index (χ0) is 20.4. The molecule has 2 aliphatic heterocycles. The Hall–Kier alpha value is -2.19. The highest BCUT2D eigenvalue weighted by Crippen LogP contribution is 2.45. The van der Waals surface area contributed by atoms with E-state index in [1.807, 2.05) is 24.3 Å². The van der Waals surface area contributed by atoms with Crippen molar-refractivity contribution in [3.05, 3.63) is 34.7 Å². The molecular weight excluding hydrogens is 396 g/mol. The van der Waals surface area contributed by atoms with Gasteiger partial charge in [-0.1, -0.05) is 68.4 Å². The molecule has 2 aliphatic rings. The van der Waals surface area contributed by atoms with Crippen LogP contribution in [0.3, 0.4) is 0 Å². The number of benzene rings is 1. The number of fused-ring (bicyclic) bond motifs is 1. The maximum absolute atomic E-state index is 13.2. The molecule has 0 saturated carbocycles. The second kappa shape index (κ2) is 8.45. The summed E-state index contributed by atoms with van der Waals surface area (Å²) in [6, 6.07) is 6.31. The fourth-order valence-electron chi connectivity index (χ4n) is 3.39. The van der Waals surface area contributed by atoms with E-state index in [9.17, 15) is 19.5 Å². The molecule has 0 aliphatic carbocycles. The van der Waals surface area contributed by atoms with E-state index in [1.54, 1.807) is 4.90 Å². The fraction of sp³-hybridized carbons (Fsp3) is 0.400. The van der Waals surface area contributed by atoms with Crippen LogP contribution in [0.5, 0.6) is 0 Å². The molecule has 1 atom stereocenters. The van der Waals surface area contributed by atoms with Gasteiger partial charge in [0.05, 0.1) is 16.2 Å². The molecule has 0 radical (unpaired) electrons. The van der Waals surface area contributed by atoms with Crippen LogP contribution in [0, 0.1) is 0 Å². The summed E-state index contributed by atoms with van der Waals surface area (Å²) in [6.07, 6.45) is 4.15. The molecule has 148 valence electrons. The average molecular weight is 419 g/mol. The van der Waals surface area contributed by atoms with Crippen LogP contribution in [0.15, 0.2) is 29.2 Å². The van der Waals surface area contributed by atoms with E-state index in [0.29, 0.717) is 17.7 Å². The number of hydrogen-bond acceptors (Lipinski definition) is 5. The number of nitrogens with zero attached hydrogens (tertiary/aromatic N) is 2. The van der Waals surface area contributed by atoms with Gasteiger partial charge in [0.2, 0.25) is 0 Å². The highest BCUT2D eigenvalue weighted by molar-refractivity contribution is 8.26. The van der Waals surface area contributed by atoms with E-state index < -0.39 is 17.9 Å². The van der Waals surface area contributed by atoms with Crippen LogP contribution < -0.4 is 4.90 Å². The zero-order valence-electron chi connectivity index (χ0n) is 15.8. The average Bonchev–Trinajstić information content (AvgIpc) is 3.11. The van der Waals surface area contributed by atoms with Crippen molar-refractivity contribution in [1.82, 2.24) is 4.90 Å². The topological polar surface area (TPSA) is 77.9 Å². The fourth-order valence-corrected chi connectivity index (χ4v) is 4.88. The Labute approximate surface area is 173 Å². The second-order valence-corrected chi connectivity index (χ2v) is 8.44. The monoisotopic (exact) mass is 418 g/mol. The van der Waals surface area contributed by atoms with Crippen molar-refractivity contribution in [3.63, 3.8) is 0 Å². The van der Waals surface area contributed by atoms with Gasteiger partial charge in [-0.25, -0.2) is 4.79 Å². The van der Waals surface area contributed by atoms with Crippen molar-refractivity contribution in [2.45, 2.75) is 45.6 Å². The Morgan fingerprint density at radius 2 is 1.89 bits per heavy atom. The third kappa shape index (κ3) is 3.58. The quantitative estimate of drug-likeness (QED) is 0.414. The second-order valence-electron chi connectivity index (χ2n) is 6.80. The minimum atomic E-state index is -1.14. The van der Waals surface area contributed by atoms with E-state index in [2.05, 4.69) is 6.92 Å². The standard InChI is InChI=1S/C20H22N2O4S2/c1-3-4-5-8-11-21-14-10-7-6-9-13(14)15(17(21)23)16-18(24)22(20(27)28-16)12(2)19(25)26/h6-7,9-10,12H,3-5,8,11H2,1-2H3,(H,25,26)/b16-15-. The lowest BCUT2D eigenvalue weighted by atomic mass is 10.1. The molecule has 1 fully saturated rings. The van der Waals surface area contributed by atoms with Crippen LogP contribution in [0.25, 0.3) is 5.57 Å². The third-order valence-electron chi connectivity index (χ3n) is 4.93. The molecule has 3 rings (SSSR count). The summed E-state index contributed by atoms with van der Waals surface area (Å²) in [5.41, 5.74) is 1.81. The number of para-hydroxylation sites is 1. The van der Waals surface area contributed by atoms with Gasteiger partial charge in [0.1, 0.15) is 10.4 Å². The molecule has 28 heavy (non-hydrogen) atoms. The number of carboxylic acids is 1. The maximum atomic E-state index is 13.2. The van der Waals surface area contributed by atoms with Gasteiger partial charge >= 0.3 is 5.97 Å². The number of aliphatic carboxylic acids is 1. The SMILES string of the molecule is CCCCCCN1C(=O)/C(=C2\SC(=S)N(C(C)C(=O)O)C2=O)c2ccccc21. The first-order valence-corrected chi connectivity index (χ1v) is 10.5. The number of unbranched alkanes of at least 4 members (excludes halogenated alkanes) is 3. The lowest BCUT2D eigenvalue weighted by molar-refractivity contribution is -0.144. The first-order valence-electron chi connectivity index (χ1n) is 9.32. The molecule has 0 aromatic heterocycles. The summed E-state index contributed by atoms with van der Waals surface area (Å²) in [6.45, 7) is 4.13. The van der Waals surface area contributed by atoms with Gasteiger partial charge in [0.15, 0.2) is 0 Å². The first-order chi connectivity index (χ1) is 13.4. The normalized spacial score (nSPS) is 20.1. The van der Waals surface area contributed by atoms with Gasteiger partial charge < -0.3 is 10.0 Å². The summed E-state index contributed by atoms with van der Waals surface area (Å²) in [4.78, 5) is 40.5. The lowest BCUT2D eigenvalue weighted by Gasteiger charge is -2.19. The molecule has 6 nitrogen and oxygen atoms in total. The number of thioether (sulfide) groups is 1. The van der Waals surface area contributed by atoms with Gasteiger partial charge in [0, 0.05) is 12.1 Å². The molecule has 2 heterocycles. The first kappa shape index (κ1) is 20.5. The van der Waals surface area contributed by atoms with Crippen LogP contribution >= 0.6 is 24.0 Å². The van der Waals surface area contributed by atoms with Crippen LogP contribution in [0.1, 0.15) is 45.1 Å². The van der Waals surface area contributed by atoms with Crippen LogP contribution in [0.2, 0.25) is 0 Å². The molecule has 1 aromatic rings. The largest absolute Gasteiger partial charge is 0.480 e. The van der Waals surface area contributed by atoms with Crippen LogP contribution in [0.4, 0.5) is 5.69 Å². The molecule has 1 aromatic carbocycles. The summed E-state index contributed by atoms with van der Waals surface area (Å²) >= 11 is 6.24. The Morgan fingerprint density at radius 1 is 1.18 bits per heavy atom. The number of hydrogen-bond donors (Lipinski definition) is 1. The molecule has 0 spiro atoms. The Bertz CT molecular complexity index is 881. The van der Waals surface area contributed by atoms with Gasteiger partial charge in [0.25, 0.3) is 11.8 Å². The molecule has 2 amide bonds. The predicted octanol–water partition coefficient (Wildman–Crippen LogP) is 3.66. The van der Waals surface area contributed by atoms with Crippen molar-refractivity contribution < 1.29 is 19.5 Å². The summed E-state index contributed by atoms with van der Waals surface area (Å²) in [5.74, 6) is -1.88. The van der Waals surface area contributed by atoms with Crippen molar-refractivity contribution >= 4 is 57.3 Å². The number of carboxylic acid groups (broad SMARTS) is 1. The Balaban J connectivity index is 1.98. The Morgan fingerprint density at radius 3 is 2.57 bits per heavy atom. The molecular formula is C20H22N2O4S2. The minimum Gasteiger partial charge on any atom is -0.480 e. The van der Waals surface area contributed by atoms with Crippen molar-refractivity contribution in [2.75, 3.05) is 11.4 Å². The predicted molar refractivity (Wildman–Crippen MR) is 114 cm³/mol. The van der Waals surface area contributed by atoms with Gasteiger partial charge in [-0.15, -0.1) is 0 Å². The van der Waals surface area contributed by atoms with Crippen molar-refractivity contribution in [2.24, 2.45) is 0 Å². The lowest BCUT2D eigenvalue weighted by Crippen LogP contribution is -2.41. The molecule has 8 heteroatoms. The molecule has 1 saturated heterocycles. The smallest absolute Gasteiger partial charge is 0.326 e. The molecule has 0 bridgehead atoms. The van der Waals surface area contributed by atoms with Crippen LogP contribution in [-0.2, 0) is 14.4 Å². The zero-order valence-corrected chi connectivity index (χ0v) is 17.4. The summed E-state index contributed by atoms with van der Waals surface area (Å²) in [5, 5.41) is 9.27. The van der Waals surface area contributed by atoms with Gasteiger partial charge in [-0.05, 0) is 19.4 Å². The van der Waals surface area contributed by atoms with E-state index in [4.69, 9.17) is 12.2 Å². The number of carbonyl (C=O) groups excluding carboxylic acids is 2. The number of amides is 2. The highest BCUT2D eigenvalue weighted by atomic mass is 32.2.